The van der Waals surface area contributed by atoms with E-state index in [1.54, 1.807) is 42.5 Å². The number of hydrogen-bond donors (Lipinski definition) is 2. The van der Waals surface area contributed by atoms with E-state index in [1.165, 1.54) is 0 Å². The number of benzene rings is 2. The quantitative estimate of drug-likeness (QED) is 0.809. The second-order valence-electron chi connectivity index (χ2n) is 6.61. The van der Waals surface area contributed by atoms with Crippen LogP contribution in [0.3, 0.4) is 0 Å². The largest absolute Gasteiger partial charge is 0.339 e. The van der Waals surface area contributed by atoms with Crippen LogP contribution in [0.25, 0.3) is 0 Å². The predicted octanol–water partition coefficient (Wildman–Crippen LogP) is 4.86. The van der Waals surface area contributed by atoms with Crippen molar-refractivity contribution in [1.82, 2.24) is 4.90 Å². The average Bonchev–Trinajstić information content (AvgIpc) is 2.64. The summed E-state index contributed by atoms with van der Waals surface area (Å²) in [7, 11) is 0. The highest BCUT2D eigenvalue weighted by molar-refractivity contribution is 6.30. The molecular formula is C20H22ClN3O2. The van der Waals surface area contributed by atoms with E-state index in [1.807, 2.05) is 11.0 Å². The van der Waals surface area contributed by atoms with Crippen LogP contribution in [0.1, 0.15) is 30.1 Å². The summed E-state index contributed by atoms with van der Waals surface area (Å²) in [5, 5.41) is 6.11. The standard InChI is InChI=1S/C20H22ClN3O2/c1-14-10-12-24(13-11-14)19(25)17-4-2-3-5-18(17)23-20(26)22-16-8-6-15(21)7-9-16/h2-9,14H,10-13H2,1H3,(H2,22,23,26). The zero-order chi connectivity index (χ0) is 18.5. The van der Waals surface area contributed by atoms with Crippen LogP contribution in [0.15, 0.2) is 48.5 Å². The number of para-hydroxylation sites is 1. The van der Waals surface area contributed by atoms with Gasteiger partial charge in [-0.25, -0.2) is 4.79 Å². The van der Waals surface area contributed by atoms with Crippen molar-refractivity contribution in [3.63, 3.8) is 0 Å². The fourth-order valence-electron chi connectivity index (χ4n) is 2.98. The van der Waals surface area contributed by atoms with E-state index in [9.17, 15) is 9.59 Å². The van der Waals surface area contributed by atoms with E-state index in [-0.39, 0.29) is 5.91 Å². The summed E-state index contributed by atoms with van der Waals surface area (Å²) in [4.78, 5) is 27.0. The Bertz CT molecular complexity index is 784. The van der Waals surface area contributed by atoms with Gasteiger partial charge in [-0.3, -0.25) is 4.79 Å². The number of hydrogen-bond acceptors (Lipinski definition) is 2. The normalized spacial score (nSPS) is 14.8. The third-order valence-electron chi connectivity index (χ3n) is 4.58. The molecule has 26 heavy (non-hydrogen) atoms. The maximum Gasteiger partial charge on any atom is 0.323 e. The van der Waals surface area contributed by atoms with Crippen LogP contribution >= 0.6 is 11.6 Å². The number of nitrogens with zero attached hydrogens (tertiary/aromatic N) is 1. The molecule has 6 heteroatoms. The minimum atomic E-state index is -0.403. The molecule has 0 saturated carbocycles. The van der Waals surface area contributed by atoms with E-state index < -0.39 is 6.03 Å². The van der Waals surface area contributed by atoms with Gasteiger partial charge in [0.15, 0.2) is 0 Å². The molecule has 3 amide bonds. The molecule has 1 saturated heterocycles. The molecule has 5 nitrogen and oxygen atoms in total. The van der Waals surface area contributed by atoms with Crippen molar-refractivity contribution < 1.29 is 9.59 Å². The van der Waals surface area contributed by atoms with Gasteiger partial charge in [0.1, 0.15) is 0 Å². The van der Waals surface area contributed by atoms with Crippen LogP contribution in [0.4, 0.5) is 16.2 Å². The Hall–Kier alpha value is -2.53. The Morgan fingerprint density at radius 2 is 1.65 bits per heavy atom. The number of piperidine rings is 1. The van der Waals surface area contributed by atoms with Crippen molar-refractivity contribution in [2.75, 3.05) is 23.7 Å². The van der Waals surface area contributed by atoms with Gasteiger partial charge >= 0.3 is 6.03 Å². The number of amides is 3. The molecule has 3 rings (SSSR count). The van der Waals surface area contributed by atoms with Crippen molar-refractivity contribution in [1.29, 1.82) is 0 Å². The first-order valence-corrected chi connectivity index (χ1v) is 9.12. The lowest BCUT2D eigenvalue weighted by Crippen LogP contribution is -2.38. The highest BCUT2D eigenvalue weighted by atomic mass is 35.5. The number of likely N-dealkylation sites (tertiary alicyclic amines) is 1. The smallest absolute Gasteiger partial charge is 0.323 e. The fraction of sp³-hybridized carbons (Fsp3) is 0.300. The van der Waals surface area contributed by atoms with Crippen molar-refractivity contribution in [2.45, 2.75) is 19.8 Å². The predicted molar refractivity (Wildman–Crippen MR) is 105 cm³/mol. The first kappa shape index (κ1) is 18.3. The zero-order valence-electron chi connectivity index (χ0n) is 14.7. The summed E-state index contributed by atoms with van der Waals surface area (Å²) < 4.78 is 0. The molecule has 2 N–H and O–H groups in total. The lowest BCUT2D eigenvalue weighted by atomic mass is 9.98. The summed E-state index contributed by atoms with van der Waals surface area (Å²) >= 11 is 5.85. The third kappa shape index (κ3) is 4.55. The Kier molecular flexibility index (Phi) is 5.78. The second-order valence-corrected chi connectivity index (χ2v) is 7.04. The van der Waals surface area contributed by atoms with Crippen LogP contribution in [0.2, 0.25) is 5.02 Å². The SMILES string of the molecule is CC1CCN(C(=O)c2ccccc2NC(=O)Nc2ccc(Cl)cc2)CC1. The second kappa shape index (κ2) is 8.23. The van der Waals surface area contributed by atoms with Gasteiger partial charge in [0.2, 0.25) is 0 Å². The Balaban J connectivity index is 1.69. The zero-order valence-corrected chi connectivity index (χ0v) is 15.4. The number of carbonyl (C=O) groups excluding carboxylic acids is 2. The van der Waals surface area contributed by atoms with Gasteiger partial charge in [0.25, 0.3) is 5.91 Å². The van der Waals surface area contributed by atoms with Gasteiger partial charge in [0, 0.05) is 23.8 Å². The first-order valence-electron chi connectivity index (χ1n) is 8.75. The first-order chi connectivity index (χ1) is 12.5. The van der Waals surface area contributed by atoms with E-state index in [0.29, 0.717) is 27.9 Å². The number of urea groups is 1. The molecule has 0 spiro atoms. The molecule has 2 aromatic rings. The van der Waals surface area contributed by atoms with Crippen LogP contribution in [-0.4, -0.2) is 29.9 Å². The summed E-state index contributed by atoms with van der Waals surface area (Å²) in [6, 6.07) is 13.5. The van der Waals surface area contributed by atoms with Gasteiger partial charge in [-0.15, -0.1) is 0 Å². The molecule has 2 aromatic carbocycles. The molecule has 0 bridgehead atoms. The van der Waals surface area contributed by atoms with E-state index >= 15 is 0 Å². The number of halogens is 1. The molecule has 0 unspecified atom stereocenters. The summed E-state index contributed by atoms with van der Waals surface area (Å²) in [5.41, 5.74) is 1.64. The molecule has 136 valence electrons. The topological polar surface area (TPSA) is 61.4 Å². The summed E-state index contributed by atoms with van der Waals surface area (Å²) in [6.45, 7) is 3.72. The maximum atomic E-state index is 12.8. The molecule has 0 aliphatic carbocycles. The molecule has 0 atom stereocenters. The summed E-state index contributed by atoms with van der Waals surface area (Å²) in [6.07, 6.45) is 2.02. The van der Waals surface area contributed by atoms with Gasteiger partial charge in [-0.2, -0.15) is 0 Å². The molecule has 1 heterocycles. The Morgan fingerprint density at radius 1 is 1.00 bits per heavy atom. The van der Waals surface area contributed by atoms with Gasteiger partial charge in [-0.05, 0) is 55.2 Å². The van der Waals surface area contributed by atoms with E-state index in [0.717, 1.165) is 25.9 Å². The molecular weight excluding hydrogens is 350 g/mol. The Labute approximate surface area is 158 Å². The van der Waals surface area contributed by atoms with Gasteiger partial charge < -0.3 is 15.5 Å². The van der Waals surface area contributed by atoms with Crippen LogP contribution in [-0.2, 0) is 0 Å². The molecule has 0 aromatic heterocycles. The van der Waals surface area contributed by atoms with Crippen molar-refractivity contribution >= 4 is 34.9 Å². The maximum absolute atomic E-state index is 12.8. The highest BCUT2D eigenvalue weighted by Crippen LogP contribution is 2.22. The number of carbonyl (C=O) groups is 2. The van der Waals surface area contributed by atoms with Crippen LogP contribution in [0, 0.1) is 5.92 Å². The van der Waals surface area contributed by atoms with E-state index in [4.69, 9.17) is 11.6 Å². The van der Waals surface area contributed by atoms with Crippen LogP contribution in [0.5, 0.6) is 0 Å². The van der Waals surface area contributed by atoms with Crippen molar-refractivity contribution in [2.24, 2.45) is 5.92 Å². The molecule has 1 fully saturated rings. The number of rotatable bonds is 3. The van der Waals surface area contributed by atoms with Crippen molar-refractivity contribution in [3.05, 3.63) is 59.1 Å². The Morgan fingerprint density at radius 3 is 2.35 bits per heavy atom. The lowest BCUT2D eigenvalue weighted by molar-refractivity contribution is 0.0698. The monoisotopic (exact) mass is 371 g/mol. The fourth-order valence-corrected chi connectivity index (χ4v) is 3.10. The average molecular weight is 372 g/mol. The minimum absolute atomic E-state index is 0.0423. The number of anilines is 2. The van der Waals surface area contributed by atoms with Gasteiger partial charge in [-0.1, -0.05) is 30.7 Å². The molecule has 1 aliphatic rings. The third-order valence-corrected chi connectivity index (χ3v) is 4.83. The van der Waals surface area contributed by atoms with Crippen LogP contribution < -0.4 is 10.6 Å². The van der Waals surface area contributed by atoms with E-state index in [2.05, 4.69) is 17.6 Å². The highest BCUT2D eigenvalue weighted by Gasteiger charge is 2.23. The number of nitrogens with one attached hydrogen (secondary N) is 2. The van der Waals surface area contributed by atoms with Crippen molar-refractivity contribution in [3.8, 4) is 0 Å². The lowest BCUT2D eigenvalue weighted by Gasteiger charge is -2.30. The molecule has 0 radical (unpaired) electrons. The minimum Gasteiger partial charge on any atom is -0.339 e. The van der Waals surface area contributed by atoms with Gasteiger partial charge in [0.05, 0.1) is 11.3 Å². The summed E-state index contributed by atoms with van der Waals surface area (Å²) in [5.74, 6) is 0.608. The molecule has 1 aliphatic heterocycles.